The second-order valence-electron chi connectivity index (χ2n) is 5.74. The van der Waals surface area contributed by atoms with Crippen LogP contribution in [0.5, 0.6) is 0 Å². The van der Waals surface area contributed by atoms with Gasteiger partial charge in [0.15, 0.2) is 5.79 Å². The monoisotopic (exact) mass is 301 g/mol. The molecule has 3 heterocycles. The minimum Gasteiger partial charge on any atom is -0.346 e. The van der Waals surface area contributed by atoms with Gasteiger partial charge in [-0.3, -0.25) is 4.90 Å². The SMILES string of the molecule is c1ccc(-c2csc(CN3CCC4(C3)OCCO4)c2)cc1. The molecule has 2 aromatic rings. The summed E-state index contributed by atoms with van der Waals surface area (Å²) in [5.74, 6) is -0.306. The van der Waals surface area contributed by atoms with E-state index in [9.17, 15) is 0 Å². The molecule has 2 aliphatic rings. The van der Waals surface area contributed by atoms with Crippen LogP contribution in [0.4, 0.5) is 0 Å². The fraction of sp³-hybridized carbons (Fsp3) is 0.412. The van der Waals surface area contributed by atoms with E-state index >= 15 is 0 Å². The molecule has 0 amide bonds. The summed E-state index contributed by atoms with van der Waals surface area (Å²) in [5, 5.41) is 2.25. The van der Waals surface area contributed by atoms with Crippen LogP contribution in [0.25, 0.3) is 11.1 Å². The van der Waals surface area contributed by atoms with Gasteiger partial charge in [0.05, 0.1) is 19.8 Å². The molecule has 4 rings (SSSR count). The van der Waals surface area contributed by atoms with Crippen LogP contribution in [-0.2, 0) is 16.0 Å². The van der Waals surface area contributed by atoms with E-state index in [0.717, 1.165) is 39.3 Å². The molecule has 0 unspecified atom stereocenters. The lowest BCUT2D eigenvalue weighted by atomic mass is 10.1. The van der Waals surface area contributed by atoms with Gasteiger partial charge in [0.1, 0.15) is 0 Å². The zero-order chi connectivity index (χ0) is 14.1. The van der Waals surface area contributed by atoms with Crippen LogP contribution in [0, 0.1) is 0 Å². The van der Waals surface area contributed by atoms with Crippen molar-refractivity contribution < 1.29 is 9.47 Å². The molecule has 4 heteroatoms. The molecule has 0 aliphatic carbocycles. The third kappa shape index (κ3) is 2.77. The Kier molecular flexibility index (Phi) is 3.55. The molecule has 1 aromatic carbocycles. The molecule has 2 fully saturated rings. The summed E-state index contributed by atoms with van der Waals surface area (Å²) in [6.45, 7) is 4.42. The van der Waals surface area contributed by atoms with Crippen molar-refractivity contribution in [1.29, 1.82) is 0 Å². The first-order valence-corrected chi connectivity index (χ1v) is 8.34. The standard InChI is InChI=1S/C17H19NO2S/c1-2-4-14(5-3-1)15-10-16(21-12-15)11-18-7-6-17(13-18)19-8-9-20-17/h1-5,10,12H,6-9,11,13H2. The molecule has 0 N–H and O–H groups in total. The van der Waals surface area contributed by atoms with Crippen LogP contribution in [0.15, 0.2) is 41.8 Å². The Morgan fingerprint density at radius 3 is 2.71 bits per heavy atom. The van der Waals surface area contributed by atoms with Gasteiger partial charge >= 0.3 is 0 Å². The minimum atomic E-state index is -0.306. The highest BCUT2D eigenvalue weighted by molar-refractivity contribution is 7.10. The molecule has 1 spiro atoms. The highest BCUT2D eigenvalue weighted by Crippen LogP contribution is 2.33. The number of hydrogen-bond acceptors (Lipinski definition) is 4. The zero-order valence-electron chi connectivity index (χ0n) is 12.0. The van der Waals surface area contributed by atoms with Crippen LogP contribution in [-0.4, -0.2) is 37.0 Å². The van der Waals surface area contributed by atoms with Crippen molar-refractivity contribution >= 4 is 11.3 Å². The molecule has 2 saturated heterocycles. The lowest BCUT2D eigenvalue weighted by molar-refractivity contribution is -0.145. The summed E-state index contributed by atoms with van der Waals surface area (Å²) in [6, 6.07) is 12.9. The molecule has 0 saturated carbocycles. The first-order chi connectivity index (χ1) is 10.3. The van der Waals surface area contributed by atoms with E-state index in [0.29, 0.717) is 0 Å². The second kappa shape index (κ2) is 5.54. The van der Waals surface area contributed by atoms with E-state index in [-0.39, 0.29) is 5.79 Å². The largest absolute Gasteiger partial charge is 0.346 e. The van der Waals surface area contributed by atoms with Crippen molar-refractivity contribution in [2.75, 3.05) is 26.3 Å². The molecule has 1 aromatic heterocycles. The Bertz CT molecular complexity index is 604. The Morgan fingerprint density at radius 2 is 1.90 bits per heavy atom. The molecular formula is C17H19NO2S. The fourth-order valence-electron chi connectivity index (χ4n) is 3.16. The molecule has 110 valence electrons. The maximum Gasteiger partial charge on any atom is 0.182 e. The van der Waals surface area contributed by atoms with Gasteiger partial charge in [0.25, 0.3) is 0 Å². The van der Waals surface area contributed by atoms with Crippen LogP contribution in [0.2, 0.25) is 0 Å². The van der Waals surface area contributed by atoms with Crippen LogP contribution >= 0.6 is 11.3 Å². The molecule has 3 nitrogen and oxygen atoms in total. The van der Waals surface area contributed by atoms with Gasteiger partial charge < -0.3 is 9.47 Å². The predicted octanol–water partition coefficient (Wildman–Crippen LogP) is 3.36. The van der Waals surface area contributed by atoms with E-state index < -0.39 is 0 Å². The normalized spacial score (nSPS) is 21.3. The molecule has 0 bridgehead atoms. The zero-order valence-corrected chi connectivity index (χ0v) is 12.8. The first kappa shape index (κ1) is 13.5. The first-order valence-electron chi connectivity index (χ1n) is 7.46. The van der Waals surface area contributed by atoms with Crippen molar-refractivity contribution in [1.82, 2.24) is 4.90 Å². The van der Waals surface area contributed by atoms with Gasteiger partial charge in [-0.15, -0.1) is 11.3 Å². The highest BCUT2D eigenvalue weighted by Gasteiger charge is 2.43. The number of ether oxygens (including phenoxy) is 2. The van der Waals surface area contributed by atoms with E-state index in [1.54, 1.807) is 0 Å². The van der Waals surface area contributed by atoms with E-state index in [1.807, 2.05) is 11.3 Å². The molecular weight excluding hydrogens is 282 g/mol. The maximum atomic E-state index is 5.78. The van der Waals surface area contributed by atoms with Crippen molar-refractivity contribution in [2.24, 2.45) is 0 Å². The van der Waals surface area contributed by atoms with E-state index in [2.05, 4.69) is 46.7 Å². The summed E-state index contributed by atoms with van der Waals surface area (Å²) < 4.78 is 11.6. The van der Waals surface area contributed by atoms with Crippen LogP contribution in [0.3, 0.4) is 0 Å². The van der Waals surface area contributed by atoms with Gasteiger partial charge in [-0.05, 0) is 22.6 Å². The third-order valence-electron chi connectivity index (χ3n) is 4.23. The average molecular weight is 301 g/mol. The Balaban J connectivity index is 1.43. The third-order valence-corrected chi connectivity index (χ3v) is 5.15. The Labute approximate surface area is 129 Å². The van der Waals surface area contributed by atoms with Crippen LogP contribution < -0.4 is 0 Å². The number of rotatable bonds is 3. The van der Waals surface area contributed by atoms with Gasteiger partial charge in [-0.1, -0.05) is 30.3 Å². The summed E-state index contributed by atoms with van der Waals surface area (Å²) in [5.41, 5.74) is 2.61. The molecule has 21 heavy (non-hydrogen) atoms. The summed E-state index contributed by atoms with van der Waals surface area (Å²) in [7, 11) is 0. The lowest BCUT2D eigenvalue weighted by Crippen LogP contribution is -2.33. The van der Waals surface area contributed by atoms with Crippen molar-refractivity contribution in [3.63, 3.8) is 0 Å². The number of likely N-dealkylation sites (tertiary alicyclic amines) is 1. The topological polar surface area (TPSA) is 21.7 Å². The van der Waals surface area contributed by atoms with Crippen molar-refractivity contribution in [3.05, 3.63) is 46.7 Å². The highest BCUT2D eigenvalue weighted by atomic mass is 32.1. The number of nitrogens with zero attached hydrogens (tertiary/aromatic N) is 1. The van der Waals surface area contributed by atoms with Crippen LogP contribution in [0.1, 0.15) is 11.3 Å². The maximum absolute atomic E-state index is 5.78. The van der Waals surface area contributed by atoms with E-state index in [1.165, 1.54) is 16.0 Å². The quantitative estimate of drug-likeness (QED) is 0.867. The second-order valence-corrected chi connectivity index (χ2v) is 6.73. The predicted molar refractivity (Wildman–Crippen MR) is 84.3 cm³/mol. The molecule has 2 aliphatic heterocycles. The lowest BCUT2D eigenvalue weighted by Gasteiger charge is -2.22. The smallest absolute Gasteiger partial charge is 0.182 e. The average Bonchev–Trinajstić information content (AvgIpc) is 3.24. The van der Waals surface area contributed by atoms with Gasteiger partial charge in [-0.2, -0.15) is 0 Å². The minimum absolute atomic E-state index is 0.306. The summed E-state index contributed by atoms with van der Waals surface area (Å²) in [6.07, 6.45) is 0.990. The van der Waals surface area contributed by atoms with Crippen molar-refractivity contribution in [3.8, 4) is 11.1 Å². The number of benzene rings is 1. The summed E-state index contributed by atoms with van der Waals surface area (Å²) in [4.78, 5) is 3.84. The van der Waals surface area contributed by atoms with Gasteiger partial charge in [-0.25, -0.2) is 0 Å². The fourth-order valence-corrected chi connectivity index (χ4v) is 4.10. The number of hydrogen-bond donors (Lipinski definition) is 0. The molecule has 0 radical (unpaired) electrons. The van der Waals surface area contributed by atoms with E-state index in [4.69, 9.17) is 9.47 Å². The van der Waals surface area contributed by atoms with Crippen molar-refractivity contribution in [2.45, 2.75) is 18.8 Å². The van der Waals surface area contributed by atoms with Gasteiger partial charge in [0.2, 0.25) is 0 Å². The molecule has 0 atom stereocenters. The Hall–Kier alpha value is -1.20. The van der Waals surface area contributed by atoms with Gasteiger partial charge in [0, 0.05) is 24.4 Å². The summed E-state index contributed by atoms with van der Waals surface area (Å²) >= 11 is 1.84. The Morgan fingerprint density at radius 1 is 1.10 bits per heavy atom. The number of thiophene rings is 1.